The van der Waals surface area contributed by atoms with Crippen LogP contribution in [0.25, 0.3) is 0 Å². The van der Waals surface area contributed by atoms with Crippen molar-refractivity contribution < 1.29 is 9.53 Å². The number of carbonyl (C=O) groups excluding carboxylic acids is 1. The summed E-state index contributed by atoms with van der Waals surface area (Å²) in [6.07, 6.45) is 1.32. The van der Waals surface area contributed by atoms with Gasteiger partial charge in [0, 0.05) is 6.42 Å². The molecule has 14 heavy (non-hydrogen) atoms. The average Bonchev–Trinajstić information content (AvgIpc) is 2.10. The van der Waals surface area contributed by atoms with Gasteiger partial charge in [-0.05, 0) is 33.1 Å². The molecule has 0 spiro atoms. The highest BCUT2D eigenvalue weighted by atomic mass is 16.5. The highest BCUT2D eigenvalue weighted by Crippen LogP contribution is 2.10. The molecule has 0 aromatic rings. The van der Waals surface area contributed by atoms with Crippen LogP contribution < -0.4 is 0 Å². The Labute approximate surface area is 87.3 Å². The smallest absolute Gasteiger partial charge is 0.306 e. The quantitative estimate of drug-likeness (QED) is 0.500. The van der Waals surface area contributed by atoms with E-state index in [-0.39, 0.29) is 5.97 Å². The molecule has 82 valence electrons. The van der Waals surface area contributed by atoms with Crippen molar-refractivity contribution in [2.45, 2.75) is 47.5 Å². The van der Waals surface area contributed by atoms with Crippen LogP contribution in [0.3, 0.4) is 0 Å². The molecule has 0 atom stereocenters. The zero-order valence-electron chi connectivity index (χ0n) is 10.0. The first kappa shape index (κ1) is 13.2. The molecule has 0 amide bonds. The molecule has 0 radical (unpaired) electrons. The lowest BCUT2D eigenvalue weighted by atomic mass is 10.1. The van der Waals surface area contributed by atoms with Crippen molar-refractivity contribution in [1.29, 1.82) is 0 Å². The van der Waals surface area contributed by atoms with E-state index in [1.165, 1.54) is 11.1 Å². The van der Waals surface area contributed by atoms with Gasteiger partial charge in [-0.3, -0.25) is 4.79 Å². The van der Waals surface area contributed by atoms with E-state index >= 15 is 0 Å². The zero-order valence-corrected chi connectivity index (χ0v) is 10.0. The van der Waals surface area contributed by atoms with E-state index in [9.17, 15) is 4.79 Å². The Morgan fingerprint density at radius 1 is 1.14 bits per heavy atom. The van der Waals surface area contributed by atoms with Crippen molar-refractivity contribution in [3.8, 4) is 0 Å². The molecule has 0 aromatic carbocycles. The molecule has 0 bridgehead atoms. The minimum Gasteiger partial charge on any atom is -0.465 e. The lowest BCUT2D eigenvalue weighted by Gasteiger charge is -2.07. The topological polar surface area (TPSA) is 26.3 Å². The van der Waals surface area contributed by atoms with E-state index in [4.69, 9.17) is 4.74 Å². The van der Waals surface area contributed by atoms with Crippen molar-refractivity contribution in [3.63, 3.8) is 0 Å². The molecule has 0 aromatic heterocycles. The monoisotopic (exact) mass is 198 g/mol. The van der Waals surface area contributed by atoms with E-state index in [2.05, 4.69) is 20.8 Å². The lowest BCUT2D eigenvalue weighted by Crippen LogP contribution is -2.09. The van der Waals surface area contributed by atoms with Gasteiger partial charge < -0.3 is 4.74 Å². The first-order chi connectivity index (χ1) is 6.43. The SMILES string of the molecule is CC(C)=C(C)CCC(=O)OCC(C)C. The van der Waals surface area contributed by atoms with Crippen molar-refractivity contribution in [1.82, 2.24) is 0 Å². The van der Waals surface area contributed by atoms with Crippen LogP contribution in [-0.4, -0.2) is 12.6 Å². The minimum atomic E-state index is -0.0840. The number of esters is 1. The van der Waals surface area contributed by atoms with Crippen LogP contribution in [0.15, 0.2) is 11.1 Å². The largest absolute Gasteiger partial charge is 0.465 e. The highest BCUT2D eigenvalue weighted by molar-refractivity contribution is 5.69. The van der Waals surface area contributed by atoms with E-state index in [0.29, 0.717) is 18.9 Å². The van der Waals surface area contributed by atoms with Gasteiger partial charge in [0.05, 0.1) is 6.61 Å². The van der Waals surface area contributed by atoms with Crippen molar-refractivity contribution >= 4 is 5.97 Å². The van der Waals surface area contributed by atoms with Crippen LogP contribution >= 0.6 is 0 Å². The van der Waals surface area contributed by atoms with Crippen molar-refractivity contribution in [3.05, 3.63) is 11.1 Å². The van der Waals surface area contributed by atoms with E-state index in [1.54, 1.807) is 0 Å². The van der Waals surface area contributed by atoms with Gasteiger partial charge >= 0.3 is 5.97 Å². The van der Waals surface area contributed by atoms with Gasteiger partial charge in [-0.25, -0.2) is 0 Å². The summed E-state index contributed by atoms with van der Waals surface area (Å²) >= 11 is 0. The fourth-order valence-corrected chi connectivity index (χ4v) is 0.871. The van der Waals surface area contributed by atoms with Crippen LogP contribution in [0.2, 0.25) is 0 Å². The summed E-state index contributed by atoms with van der Waals surface area (Å²) in [5.41, 5.74) is 2.58. The standard InChI is InChI=1S/C12H22O2/c1-9(2)8-14-12(13)7-6-11(5)10(3)4/h9H,6-8H2,1-5H3. The molecule has 0 aliphatic rings. The average molecular weight is 198 g/mol. The fourth-order valence-electron chi connectivity index (χ4n) is 0.871. The Balaban J connectivity index is 3.70. The molecule has 0 unspecified atom stereocenters. The molecule has 0 heterocycles. The number of hydrogen-bond donors (Lipinski definition) is 0. The van der Waals surface area contributed by atoms with Gasteiger partial charge in [0.15, 0.2) is 0 Å². The summed E-state index contributed by atoms with van der Waals surface area (Å²) in [6, 6.07) is 0. The molecule has 0 saturated carbocycles. The maximum absolute atomic E-state index is 11.2. The maximum atomic E-state index is 11.2. The maximum Gasteiger partial charge on any atom is 0.306 e. The van der Waals surface area contributed by atoms with Gasteiger partial charge in [-0.2, -0.15) is 0 Å². The Morgan fingerprint density at radius 2 is 1.71 bits per heavy atom. The lowest BCUT2D eigenvalue weighted by molar-refractivity contribution is -0.144. The van der Waals surface area contributed by atoms with Gasteiger partial charge in [0.25, 0.3) is 0 Å². The molecule has 2 nitrogen and oxygen atoms in total. The van der Waals surface area contributed by atoms with E-state index in [0.717, 1.165) is 6.42 Å². The molecule has 0 rings (SSSR count). The molecule has 0 fully saturated rings. The summed E-state index contributed by atoms with van der Waals surface area (Å²) in [7, 11) is 0. The summed E-state index contributed by atoms with van der Waals surface area (Å²) in [5, 5.41) is 0. The van der Waals surface area contributed by atoms with Crippen LogP contribution in [0.1, 0.15) is 47.5 Å². The summed E-state index contributed by atoms with van der Waals surface area (Å²) in [6.45, 7) is 10.8. The molecule has 2 heteroatoms. The zero-order chi connectivity index (χ0) is 11.1. The van der Waals surface area contributed by atoms with Crippen molar-refractivity contribution in [2.24, 2.45) is 5.92 Å². The molecular formula is C12H22O2. The van der Waals surface area contributed by atoms with Crippen LogP contribution in [-0.2, 0) is 9.53 Å². The van der Waals surface area contributed by atoms with Crippen molar-refractivity contribution in [2.75, 3.05) is 6.61 Å². The van der Waals surface area contributed by atoms with E-state index in [1.807, 2.05) is 13.8 Å². The minimum absolute atomic E-state index is 0.0840. The summed E-state index contributed by atoms with van der Waals surface area (Å²) in [4.78, 5) is 11.2. The Hall–Kier alpha value is -0.790. The summed E-state index contributed by atoms with van der Waals surface area (Å²) in [5.74, 6) is 0.336. The van der Waals surface area contributed by atoms with Gasteiger partial charge in [0.2, 0.25) is 0 Å². The second-order valence-electron chi connectivity index (χ2n) is 4.36. The van der Waals surface area contributed by atoms with Gasteiger partial charge in [-0.1, -0.05) is 25.0 Å². The number of carbonyl (C=O) groups is 1. The predicted octanol–water partition coefficient (Wildman–Crippen LogP) is 3.32. The predicted molar refractivity (Wildman–Crippen MR) is 59.1 cm³/mol. The number of hydrogen-bond acceptors (Lipinski definition) is 2. The number of ether oxygens (including phenoxy) is 1. The summed E-state index contributed by atoms with van der Waals surface area (Å²) < 4.78 is 5.07. The Bertz CT molecular complexity index is 210. The third-order valence-electron chi connectivity index (χ3n) is 2.14. The molecular weight excluding hydrogens is 176 g/mol. The van der Waals surface area contributed by atoms with E-state index < -0.39 is 0 Å². The molecule has 0 aliphatic heterocycles. The third kappa shape index (κ3) is 6.70. The normalized spacial score (nSPS) is 10.1. The Kier molecular flexibility index (Phi) is 6.26. The van der Waals surface area contributed by atoms with Gasteiger partial charge in [-0.15, -0.1) is 0 Å². The second-order valence-corrected chi connectivity index (χ2v) is 4.36. The second kappa shape index (κ2) is 6.63. The molecule has 0 N–H and O–H groups in total. The van der Waals surface area contributed by atoms with Gasteiger partial charge in [0.1, 0.15) is 0 Å². The number of rotatable bonds is 5. The Morgan fingerprint density at radius 3 is 2.14 bits per heavy atom. The fraction of sp³-hybridized carbons (Fsp3) is 0.750. The third-order valence-corrected chi connectivity index (χ3v) is 2.14. The molecule has 0 saturated heterocycles. The number of allylic oxidation sites excluding steroid dienone is 2. The van der Waals surface area contributed by atoms with Crippen LogP contribution in [0.5, 0.6) is 0 Å². The molecule has 0 aliphatic carbocycles. The van der Waals surface area contributed by atoms with Crippen LogP contribution in [0, 0.1) is 5.92 Å². The first-order valence-corrected chi connectivity index (χ1v) is 5.22. The first-order valence-electron chi connectivity index (χ1n) is 5.22. The van der Waals surface area contributed by atoms with Crippen LogP contribution in [0.4, 0.5) is 0 Å². The highest BCUT2D eigenvalue weighted by Gasteiger charge is 2.04.